The van der Waals surface area contributed by atoms with Crippen molar-refractivity contribution in [3.8, 4) is 0 Å². The fourth-order valence-electron chi connectivity index (χ4n) is 2.86. The maximum absolute atomic E-state index is 12.6. The normalized spacial score (nSPS) is 26.3. The Hall–Kier alpha value is -1.06. The molecule has 4 heteroatoms. The van der Waals surface area contributed by atoms with E-state index in [4.69, 9.17) is 17.3 Å². The van der Waals surface area contributed by atoms with Crippen LogP contribution in [0.3, 0.4) is 0 Å². The zero-order chi connectivity index (χ0) is 14.8. The number of rotatable bonds is 3. The van der Waals surface area contributed by atoms with Crippen molar-refractivity contribution >= 4 is 23.2 Å². The molecule has 0 aliphatic heterocycles. The molecule has 110 valence electrons. The van der Waals surface area contributed by atoms with Crippen LogP contribution in [0.4, 0.5) is 5.69 Å². The first-order chi connectivity index (χ1) is 9.47. The van der Waals surface area contributed by atoms with Crippen LogP contribution in [0.15, 0.2) is 18.2 Å². The Morgan fingerprint density at radius 1 is 1.45 bits per heavy atom. The lowest BCUT2D eigenvalue weighted by molar-refractivity contribution is -0.127. The van der Waals surface area contributed by atoms with Gasteiger partial charge in [-0.1, -0.05) is 18.5 Å². The summed E-state index contributed by atoms with van der Waals surface area (Å²) in [5, 5.41) is 3.72. The lowest BCUT2D eigenvalue weighted by Crippen LogP contribution is -2.44. The number of nitrogens with two attached hydrogens (primary N) is 1. The van der Waals surface area contributed by atoms with Gasteiger partial charge in [0, 0.05) is 17.3 Å². The summed E-state index contributed by atoms with van der Waals surface area (Å²) in [7, 11) is 0. The first-order valence-corrected chi connectivity index (χ1v) is 7.62. The fraction of sp³-hybridized carbons (Fsp3) is 0.562. The van der Waals surface area contributed by atoms with E-state index in [-0.39, 0.29) is 5.91 Å². The van der Waals surface area contributed by atoms with Gasteiger partial charge in [0.15, 0.2) is 0 Å². The lowest BCUT2D eigenvalue weighted by Gasteiger charge is -2.37. The average molecular weight is 295 g/mol. The SMILES string of the molecule is Cc1cc(Cl)ccc1NC(=O)C1(CN)CCC(C)CC1. The summed E-state index contributed by atoms with van der Waals surface area (Å²) in [5.41, 5.74) is 7.31. The van der Waals surface area contributed by atoms with E-state index < -0.39 is 5.41 Å². The van der Waals surface area contributed by atoms with E-state index in [1.807, 2.05) is 19.1 Å². The number of carbonyl (C=O) groups excluding carboxylic acids is 1. The van der Waals surface area contributed by atoms with Gasteiger partial charge in [0.1, 0.15) is 0 Å². The monoisotopic (exact) mass is 294 g/mol. The van der Waals surface area contributed by atoms with Crippen molar-refractivity contribution in [3.63, 3.8) is 0 Å². The first kappa shape index (κ1) is 15.3. The van der Waals surface area contributed by atoms with Crippen LogP contribution in [0.1, 0.15) is 38.2 Å². The third-order valence-corrected chi connectivity index (χ3v) is 4.78. The second-order valence-corrected chi connectivity index (χ2v) is 6.52. The number of hydrogen-bond donors (Lipinski definition) is 2. The molecule has 3 nitrogen and oxygen atoms in total. The highest BCUT2D eigenvalue weighted by Crippen LogP contribution is 2.39. The second kappa shape index (κ2) is 6.15. The summed E-state index contributed by atoms with van der Waals surface area (Å²) in [6, 6.07) is 5.50. The minimum Gasteiger partial charge on any atom is -0.329 e. The van der Waals surface area contributed by atoms with Gasteiger partial charge >= 0.3 is 0 Å². The molecular formula is C16H23ClN2O. The van der Waals surface area contributed by atoms with Gasteiger partial charge in [-0.05, 0) is 62.3 Å². The minimum atomic E-state index is -0.404. The van der Waals surface area contributed by atoms with Gasteiger partial charge in [-0.25, -0.2) is 0 Å². The second-order valence-electron chi connectivity index (χ2n) is 6.08. The molecule has 0 atom stereocenters. The number of carbonyl (C=O) groups is 1. The Balaban J connectivity index is 2.13. The number of amides is 1. The minimum absolute atomic E-state index is 0.0531. The van der Waals surface area contributed by atoms with E-state index in [9.17, 15) is 4.79 Å². The van der Waals surface area contributed by atoms with E-state index >= 15 is 0 Å². The largest absolute Gasteiger partial charge is 0.329 e. The Kier molecular flexibility index (Phi) is 4.71. The molecule has 0 heterocycles. The Morgan fingerprint density at radius 3 is 2.65 bits per heavy atom. The third-order valence-electron chi connectivity index (χ3n) is 4.54. The van der Waals surface area contributed by atoms with Crippen molar-refractivity contribution in [2.75, 3.05) is 11.9 Å². The zero-order valence-electron chi connectivity index (χ0n) is 12.2. The maximum Gasteiger partial charge on any atom is 0.231 e. The van der Waals surface area contributed by atoms with Crippen molar-refractivity contribution in [2.45, 2.75) is 39.5 Å². The predicted octanol–water partition coefficient (Wildman–Crippen LogP) is 3.74. The van der Waals surface area contributed by atoms with E-state index in [2.05, 4.69) is 12.2 Å². The molecule has 3 N–H and O–H groups in total. The number of anilines is 1. The number of benzene rings is 1. The van der Waals surface area contributed by atoms with Gasteiger partial charge in [0.25, 0.3) is 0 Å². The molecule has 0 aromatic heterocycles. The van der Waals surface area contributed by atoms with Crippen molar-refractivity contribution in [1.82, 2.24) is 0 Å². The standard InChI is InChI=1S/C16H23ClN2O/c1-11-5-7-16(10-18,8-6-11)15(20)19-14-4-3-13(17)9-12(14)2/h3-4,9,11H,5-8,10,18H2,1-2H3,(H,19,20). The number of aryl methyl sites for hydroxylation is 1. The van der Waals surface area contributed by atoms with Crippen LogP contribution >= 0.6 is 11.6 Å². The van der Waals surface area contributed by atoms with Crippen LogP contribution < -0.4 is 11.1 Å². The molecule has 1 amide bonds. The molecule has 0 saturated heterocycles. The van der Waals surface area contributed by atoms with Crippen LogP contribution in [0.25, 0.3) is 0 Å². The number of nitrogens with one attached hydrogen (secondary N) is 1. The molecule has 1 aliphatic carbocycles. The quantitative estimate of drug-likeness (QED) is 0.892. The summed E-state index contributed by atoms with van der Waals surface area (Å²) < 4.78 is 0. The lowest BCUT2D eigenvalue weighted by atomic mass is 9.70. The Morgan fingerprint density at radius 2 is 2.10 bits per heavy atom. The van der Waals surface area contributed by atoms with Crippen LogP contribution in [-0.4, -0.2) is 12.5 Å². The smallest absolute Gasteiger partial charge is 0.231 e. The van der Waals surface area contributed by atoms with Gasteiger partial charge in [-0.3, -0.25) is 4.79 Å². The van der Waals surface area contributed by atoms with Gasteiger partial charge < -0.3 is 11.1 Å². The molecule has 1 aromatic rings. The highest BCUT2D eigenvalue weighted by atomic mass is 35.5. The van der Waals surface area contributed by atoms with Gasteiger partial charge in [-0.15, -0.1) is 0 Å². The van der Waals surface area contributed by atoms with Crippen molar-refractivity contribution in [3.05, 3.63) is 28.8 Å². The third kappa shape index (κ3) is 3.15. The van der Waals surface area contributed by atoms with Gasteiger partial charge in [0.2, 0.25) is 5.91 Å². The van der Waals surface area contributed by atoms with Crippen LogP contribution in [-0.2, 0) is 4.79 Å². The molecule has 0 unspecified atom stereocenters. The molecular weight excluding hydrogens is 272 g/mol. The Labute approximate surface area is 125 Å². The molecule has 1 aliphatic rings. The highest BCUT2D eigenvalue weighted by Gasteiger charge is 2.39. The van der Waals surface area contributed by atoms with Gasteiger partial charge in [0.05, 0.1) is 5.41 Å². The summed E-state index contributed by atoms with van der Waals surface area (Å²) in [5.74, 6) is 0.747. The number of hydrogen-bond acceptors (Lipinski definition) is 2. The molecule has 2 rings (SSSR count). The van der Waals surface area contributed by atoms with Crippen LogP contribution in [0.2, 0.25) is 5.02 Å². The Bertz CT molecular complexity index is 493. The molecule has 1 fully saturated rings. The van der Waals surface area contributed by atoms with Crippen molar-refractivity contribution in [2.24, 2.45) is 17.1 Å². The summed E-state index contributed by atoms with van der Waals surface area (Å²) in [6.07, 6.45) is 3.90. The first-order valence-electron chi connectivity index (χ1n) is 7.24. The van der Waals surface area contributed by atoms with Gasteiger partial charge in [-0.2, -0.15) is 0 Å². The molecule has 0 spiro atoms. The van der Waals surface area contributed by atoms with E-state index in [1.54, 1.807) is 6.07 Å². The topological polar surface area (TPSA) is 55.1 Å². The molecule has 20 heavy (non-hydrogen) atoms. The van der Waals surface area contributed by atoms with Crippen molar-refractivity contribution in [1.29, 1.82) is 0 Å². The predicted molar refractivity (Wildman–Crippen MR) is 83.9 cm³/mol. The summed E-state index contributed by atoms with van der Waals surface area (Å²) in [4.78, 5) is 12.6. The number of halogens is 1. The van der Waals surface area contributed by atoms with Crippen LogP contribution in [0, 0.1) is 18.3 Å². The maximum atomic E-state index is 12.6. The van der Waals surface area contributed by atoms with E-state index in [0.29, 0.717) is 17.5 Å². The summed E-state index contributed by atoms with van der Waals surface area (Å²) in [6.45, 7) is 4.60. The average Bonchev–Trinajstić information content (AvgIpc) is 2.43. The summed E-state index contributed by atoms with van der Waals surface area (Å²) >= 11 is 5.94. The molecule has 1 saturated carbocycles. The molecule has 0 bridgehead atoms. The van der Waals surface area contributed by atoms with Crippen LogP contribution in [0.5, 0.6) is 0 Å². The van der Waals surface area contributed by atoms with Crippen molar-refractivity contribution < 1.29 is 4.79 Å². The highest BCUT2D eigenvalue weighted by molar-refractivity contribution is 6.30. The van der Waals surface area contributed by atoms with E-state index in [0.717, 1.165) is 36.9 Å². The van der Waals surface area contributed by atoms with E-state index in [1.165, 1.54) is 0 Å². The zero-order valence-corrected chi connectivity index (χ0v) is 13.0. The molecule has 0 radical (unpaired) electrons. The molecule has 1 aromatic carbocycles. The fourth-order valence-corrected chi connectivity index (χ4v) is 3.09.